The van der Waals surface area contributed by atoms with Gasteiger partial charge in [0.1, 0.15) is 17.8 Å². The van der Waals surface area contributed by atoms with Gasteiger partial charge >= 0.3 is 0 Å². The summed E-state index contributed by atoms with van der Waals surface area (Å²) in [5.41, 5.74) is 1.87. The first-order valence-corrected chi connectivity index (χ1v) is 7.55. The van der Waals surface area contributed by atoms with Crippen molar-refractivity contribution in [2.75, 3.05) is 6.54 Å². The molecule has 0 spiro atoms. The van der Waals surface area contributed by atoms with Crippen molar-refractivity contribution in [2.45, 2.75) is 38.4 Å². The smallest absolute Gasteiger partial charge is 0.128 e. The highest BCUT2D eigenvalue weighted by Gasteiger charge is 2.35. The Morgan fingerprint density at radius 2 is 2.05 bits per heavy atom. The molecule has 1 aliphatic carbocycles. The van der Waals surface area contributed by atoms with Crippen LogP contribution in [-0.4, -0.2) is 23.4 Å². The van der Waals surface area contributed by atoms with E-state index in [1.165, 1.54) is 5.01 Å². The van der Waals surface area contributed by atoms with Gasteiger partial charge in [0.2, 0.25) is 0 Å². The molecule has 0 amide bonds. The van der Waals surface area contributed by atoms with Crippen molar-refractivity contribution < 1.29 is 13.2 Å². The molecule has 3 rings (SSSR count). The Morgan fingerprint density at radius 3 is 2.73 bits per heavy atom. The summed E-state index contributed by atoms with van der Waals surface area (Å²) in [6.45, 7) is 5.95. The van der Waals surface area contributed by atoms with Crippen molar-refractivity contribution >= 4 is 5.71 Å². The number of hydrogen-bond donors (Lipinski definition) is 0. The second-order valence-electron chi connectivity index (χ2n) is 6.12. The van der Waals surface area contributed by atoms with Gasteiger partial charge in [0.05, 0.1) is 18.3 Å². The van der Waals surface area contributed by atoms with Gasteiger partial charge in [-0.3, -0.25) is 5.01 Å². The van der Waals surface area contributed by atoms with E-state index in [0.717, 1.165) is 42.3 Å². The van der Waals surface area contributed by atoms with Gasteiger partial charge in [0.25, 0.3) is 0 Å². The third-order valence-electron chi connectivity index (χ3n) is 4.35. The minimum atomic E-state index is -1.10. The molecule has 0 aromatic heterocycles. The van der Waals surface area contributed by atoms with Crippen LogP contribution in [0.5, 0.6) is 0 Å². The lowest BCUT2D eigenvalue weighted by atomic mass is 10.0. The van der Waals surface area contributed by atoms with Crippen LogP contribution in [0.4, 0.5) is 13.2 Å². The van der Waals surface area contributed by atoms with E-state index < -0.39 is 23.8 Å². The zero-order valence-electron chi connectivity index (χ0n) is 12.5. The highest BCUT2D eigenvalue weighted by atomic mass is 19.1. The van der Waals surface area contributed by atoms with Gasteiger partial charge in [-0.1, -0.05) is 6.58 Å². The lowest BCUT2D eigenvalue weighted by molar-refractivity contribution is 0.253. The van der Waals surface area contributed by atoms with E-state index in [4.69, 9.17) is 0 Å². The van der Waals surface area contributed by atoms with Crippen LogP contribution in [-0.2, 0) is 0 Å². The number of alkyl halides is 1. The highest BCUT2D eigenvalue weighted by molar-refractivity contribution is 5.98. The maximum atomic E-state index is 14.0. The van der Waals surface area contributed by atoms with Crippen LogP contribution in [0.25, 0.3) is 0 Å². The third kappa shape index (κ3) is 3.03. The molecule has 1 saturated heterocycles. The van der Waals surface area contributed by atoms with E-state index in [9.17, 15) is 13.2 Å². The quantitative estimate of drug-likeness (QED) is 0.753. The number of hydrogen-bond acceptors (Lipinski definition) is 2. The standard InChI is InChI=1S/C17H19F3N2/c1-10(12-3-4-12)11(2)21-22-9-14(19)8-17(22)15-7-13(18)5-6-16(15)20/h5-7,12,14,17H,1,3-4,8-9H2,2H3/b21-11+. The fourth-order valence-corrected chi connectivity index (χ4v) is 2.92. The number of hydrazone groups is 1. The number of benzene rings is 1. The monoisotopic (exact) mass is 308 g/mol. The van der Waals surface area contributed by atoms with Crippen LogP contribution >= 0.6 is 0 Å². The van der Waals surface area contributed by atoms with E-state index in [0.29, 0.717) is 5.92 Å². The van der Waals surface area contributed by atoms with Gasteiger partial charge in [0, 0.05) is 12.0 Å². The lowest BCUT2D eigenvalue weighted by Gasteiger charge is -2.23. The van der Waals surface area contributed by atoms with Crippen LogP contribution in [0.15, 0.2) is 35.5 Å². The van der Waals surface area contributed by atoms with Crippen molar-refractivity contribution in [1.29, 1.82) is 0 Å². The topological polar surface area (TPSA) is 15.6 Å². The minimum absolute atomic E-state index is 0.0932. The highest BCUT2D eigenvalue weighted by Crippen LogP contribution is 2.38. The Kier molecular flexibility index (Phi) is 3.98. The fourth-order valence-electron chi connectivity index (χ4n) is 2.92. The molecule has 1 saturated carbocycles. The van der Waals surface area contributed by atoms with Gasteiger partial charge in [0.15, 0.2) is 0 Å². The summed E-state index contributed by atoms with van der Waals surface area (Å²) in [5.74, 6) is -0.585. The molecule has 1 aromatic carbocycles. The minimum Gasteiger partial charge on any atom is -0.286 e. The van der Waals surface area contributed by atoms with Crippen LogP contribution in [0, 0.1) is 17.6 Å². The number of halogens is 3. The zero-order valence-corrected chi connectivity index (χ0v) is 12.5. The molecule has 2 unspecified atom stereocenters. The first-order valence-electron chi connectivity index (χ1n) is 7.55. The van der Waals surface area contributed by atoms with E-state index in [-0.39, 0.29) is 18.5 Å². The Hall–Kier alpha value is -1.78. The SMILES string of the molecule is C=C(/C(C)=N/N1CC(F)CC1c1cc(F)ccc1F)C1CC1. The normalized spacial score (nSPS) is 25.6. The Balaban J connectivity index is 1.87. The van der Waals surface area contributed by atoms with Crippen molar-refractivity contribution in [1.82, 2.24) is 5.01 Å². The average Bonchev–Trinajstić information content (AvgIpc) is 3.25. The Morgan fingerprint density at radius 1 is 1.32 bits per heavy atom. The summed E-state index contributed by atoms with van der Waals surface area (Å²) < 4.78 is 41.2. The van der Waals surface area contributed by atoms with Crippen molar-refractivity contribution in [3.63, 3.8) is 0 Å². The molecule has 118 valence electrons. The molecule has 1 heterocycles. The second kappa shape index (κ2) is 5.78. The summed E-state index contributed by atoms with van der Waals surface area (Å²) in [7, 11) is 0. The molecule has 2 aliphatic rings. The van der Waals surface area contributed by atoms with Crippen molar-refractivity contribution in [3.05, 3.63) is 47.5 Å². The van der Waals surface area contributed by atoms with Crippen LogP contribution in [0.1, 0.15) is 37.8 Å². The first-order chi connectivity index (χ1) is 10.5. The van der Waals surface area contributed by atoms with E-state index in [1.807, 2.05) is 6.92 Å². The van der Waals surface area contributed by atoms with E-state index in [1.54, 1.807) is 0 Å². The average molecular weight is 308 g/mol. The molecule has 0 radical (unpaired) electrons. The van der Waals surface area contributed by atoms with E-state index in [2.05, 4.69) is 11.7 Å². The zero-order chi connectivity index (χ0) is 15.9. The molecule has 0 N–H and O–H groups in total. The molecule has 0 bridgehead atoms. The maximum absolute atomic E-state index is 14.0. The van der Waals surface area contributed by atoms with Crippen LogP contribution < -0.4 is 0 Å². The Bertz CT molecular complexity index is 622. The molecule has 22 heavy (non-hydrogen) atoms. The molecule has 2 nitrogen and oxygen atoms in total. The van der Waals surface area contributed by atoms with Crippen molar-refractivity contribution in [3.8, 4) is 0 Å². The largest absolute Gasteiger partial charge is 0.286 e. The van der Waals surface area contributed by atoms with Gasteiger partial charge < -0.3 is 0 Å². The predicted octanol–water partition coefficient (Wildman–Crippen LogP) is 4.39. The van der Waals surface area contributed by atoms with Crippen LogP contribution in [0.2, 0.25) is 0 Å². The van der Waals surface area contributed by atoms with Gasteiger partial charge in [-0.2, -0.15) is 5.10 Å². The van der Waals surface area contributed by atoms with E-state index >= 15 is 0 Å². The van der Waals surface area contributed by atoms with Gasteiger partial charge in [-0.25, -0.2) is 13.2 Å². The summed E-state index contributed by atoms with van der Waals surface area (Å²) in [6, 6.07) is 2.70. The predicted molar refractivity (Wildman–Crippen MR) is 80.3 cm³/mol. The lowest BCUT2D eigenvalue weighted by Crippen LogP contribution is -2.21. The maximum Gasteiger partial charge on any atom is 0.128 e. The van der Waals surface area contributed by atoms with Gasteiger partial charge in [-0.05, 0) is 49.5 Å². The molecular weight excluding hydrogens is 289 g/mol. The molecule has 5 heteroatoms. The Labute approximate surface area is 128 Å². The fraction of sp³-hybridized carbons (Fsp3) is 0.471. The number of nitrogens with zero attached hydrogens (tertiary/aromatic N) is 2. The summed E-state index contributed by atoms with van der Waals surface area (Å²) in [5, 5.41) is 5.97. The summed E-state index contributed by atoms with van der Waals surface area (Å²) >= 11 is 0. The van der Waals surface area contributed by atoms with Crippen molar-refractivity contribution in [2.24, 2.45) is 11.0 Å². The molecule has 1 aliphatic heterocycles. The molecular formula is C17H19F3N2. The second-order valence-corrected chi connectivity index (χ2v) is 6.12. The summed E-state index contributed by atoms with van der Waals surface area (Å²) in [4.78, 5) is 0. The van der Waals surface area contributed by atoms with Gasteiger partial charge in [-0.15, -0.1) is 0 Å². The number of allylic oxidation sites excluding steroid dienone is 1. The first kappa shape index (κ1) is 15.1. The number of rotatable bonds is 4. The molecule has 2 atom stereocenters. The third-order valence-corrected chi connectivity index (χ3v) is 4.35. The van der Waals surface area contributed by atoms with Crippen LogP contribution in [0.3, 0.4) is 0 Å². The summed E-state index contributed by atoms with van der Waals surface area (Å²) in [6.07, 6.45) is 1.24. The molecule has 1 aromatic rings. The molecule has 2 fully saturated rings.